The highest BCUT2D eigenvalue weighted by molar-refractivity contribution is 5.35. The van der Waals surface area contributed by atoms with Crippen molar-refractivity contribution in [3.05, 3.63) is 29.8 Å². The maximum Gasteiger partial charge on any atom is 0.123 e. The third kappa shape index (κ3) is 2.48. The first-order valence-corrected chi connectivity index (χ1v) is 4.53. The molecule has 0 unspecified atom stereocenters. The normalized spacial score (nSPS) is 11.8. The minimum Gasteiger partial charge on any atom is -0.496 e. The van der Waals surface area contributed by atoms with Gasteiger partial charge < -0.3 is 4.74 Å². The van der Waals surface area contributed by atoms with E-state index in [0.29, 0.717) is 6.54 Å². The molecule has 0 radical (unpaired) electrons. The van der Waals surface area contributed by atoms with Crippen molar-refractivity contribution in [1.29, 1.82) is 5.26 Å². The minimum absolute atomic E-state index is 0.130. The van der Waals surface area contributed by atoms with Gasteiger partial charge in [-0.1, -0.05) is 18.2 Å². The van der Waals surface area contributed by atoms with Gasteiger partial charge in [0.1, 0.15) is 5.75 Å². The Morgan fingerprint density at radius 2 is 2.21 bits per heavy atom. The van der Waals surface area contributed by atoms with Crippen LogP contribution in [0.15, 0.2) is 24.3 Å². The molecule has 3 nitrogen and oxygen atoms in total. The molecule has 74 valence electrons. The number of benzene rings is 1. The van der Waals surface area contributed by atoms with Crippen molar-refractivity contribution in [2.45, 2.75) is 13.0 Å². The highest BCUT2D eigenvalue weighted by Gasteiger charge is 2.08. The van der Waals surface area contributed by atoms with Crippen molar-refractivity contribution in [3.63, 3.8) is 0 Å². The Hall–Kier alpha value is -1.53. The summed E-state index contributed by atoms with van der Waals surface area (Å²) in [6, 6.07) is 9.99. The van der Waals surface area contributed by atoms with E-state index in [1.807, 2.05) is 31.2 Å². The quantitative estimate of drug-likeness (QED) is 0.737. The Balaban J connectivity index is 2.78. The fourth-order valence-corrected chi connectivity index (χ4v) is 1.33. The summed E-state index contributed by atoms with van der Waals surface area (Å²) in [4.78, 5) is 0. The summed E-state index contributed by atoms with van der Waals surface area (Å²) < 4.78 is 5.22. The Labute approximate surface area is 84.3 Å². The molecule has 0 aliphatic heterocycles. The lowest BCUT2D eigenvalue weighted by Gasteiger charge is -2.15. The van der Waals surface area contributed by atoms with Crippen LogP contribution in [-0.4, -0.2) is 13.7 Å². The molecule has 0 aromatic heterocycles. The van der Waals surface area contributed by atoms with Crippen molar-refractivity contribution in [2.24, 2.45) is 0 Å². The Morgan fingerprint density at radius 3 is 2.86 bits per heavy atom. The first-order valence-electron chi connectivity index (χ1n) is 4.53. The van der Waals surface area contributed by atoms with Crippen molar-refractivity contribution < 1.29 is 4.74 Å². The Bertz CT molecular complexity index is 330. The van der Waals surface area contributed by atoms with Crippen LogP contribution in [0.4, 0.5) is 0 Å². The third-order valence-corrected chi connectivity index (χ3v) is 2.09. The topological polar surface area (TPSA) is 45.0 Å². The number of rotatable bonds is 4. The molecule has 14 heavy (non-hydrogen) atoms. The largest absolute Gasteiger partial charge is 0.496 e. The van der Waals surface area contributed by atoms with Crippen LogP contribution in [0.3, 0.4) is 0 Å². The lowest BCUT2D eigenvalue weighted by molar-refractivity contribution is 0.403. The van der Waals surface area contributed by atoms with Crippen LogP contribution in [0.25, 0.3) is 0 Å². The van der Waals surface area contributed by atoms with Gasteiger partial charge in [-0.15, -0.1) is 0 Å². The maximum atomic E-state index is 8.44. The first kappa shape index (κ1) is 10.6. The summed E-state index contributed by atoms with van der Waals surface area (Å²) in [5, 5.41) is 11.5. The average Bonchev–Trinajstić information content (AvgIpc) is 2.25. The third-order valence-electron chi connectivity index (χ3n) is 2.09. The van der Waals surface area contributed by atoms with Crippen molar-refractivity contribution in [1.82, 2.24) is 5.32 Å². The van der Waals surface area contributed by atoms with Gasteiger partial charge in [-0.25, -0.2) is 0 Å². The average molecular weight is 190 g/mol. The number of para-hydroxylation sites is 1. The molecule has 3 heteroatoms. The Morgan fingerprint density at radius 1 is 1.50 bits per heavy atom. The van der Waals surface area contributed by atoms with Crippen LogP contribution in [0.2, 0.25) is 0 Å². The van der Waals surface area contributed by atoms with Crippen LogP contribution in [0.5, 0.6) is 5.75 Å². The van der Waals surface area contributed by atoms with Gasteiger partial charge in [0, 0.05) is 11.6 Å². The molecule has 1 N–H and O–H groups in total. The molecule has 1 aromatic carbocycles. The van der Waals surface area contributed by atoms with Crippen LogP contribution in [0, 0.1) is 11.3 Å². The van der Waals surface area contributed by atoms with E-state index in [-0.39, 0.29) is 6.04 Å². The van der Waals surface area contributed by atoms with E-state index in [2.05, 4.69) is 11.4 Å². The van der Waals surface area contributed by atoms with Crippen molar-refractivity contribution >= 4 is 0 Å². The summed E-state index contributed by atoms with van der Waals surface area (Å²) in [6.45, 7) is 2.36. The number of nitrogens with zero attached hydrogens (tertiary/aromatic N) is 1. The van der Waals surface area contributed by atoms with Crippen LogP contribution >= 0.6 is 0 Å². The standard InChI is InChI=1S/C11H14N2O/c1-9(13-8-7-12)10-5-3-4-6-11(10)14-2/h3-6,9,13H,8H2,1-2H3/t9-/m1/s1. The predicted molar refractivity (Wildman–Crippen MR) is 55.0 cm³/mol. The van der Waals surface area contributed by atoms with Gasteiger partial charge in [0.2, 0.25) is 0 Å². The van der Waals surface area contributed by atoms with Crippen LogP contribution in [0.1, 0.15) is 18.5 Å². The zero-order valence-electron chi connectivity index (χ0n) is 8.45. The van der Waals surface area contributed by atoms with E-state index in [4.69, 9.17) is 10.00 Å². The van der Waals surface area contributed by atoms with Gasteiger partial charge in [0.25, 0.3) is 0 Å². The molecule has 0 saturated heterocycles. The van der Waals surface area contributed by atoms with E-state index in [0.717, 1.165) is 11.3 Å². The number of nitriles is 1. The molecule has 0 saturated carbocycles. The number of hydrogen-bond acceptors (Lipinski definition) is 3. The van der Waals surface area contributed by atoms with Gasteiger partial charge in [-0.05, 0) is 13.0 Å². The van der Waals surface area contributed by atoms with Crippen molar-refractivity contribution in [3.8, 4) is 11.8 Å². The number of nitrogens with one attached hydrogen (secondary N) is 1. The molecule has 0 bridgehead atoms. The van der Waals surface area contributed by atoms with Gasteiger partial charge >= 0.3 is 0 Å². The molecule has 1 atom stereocenters. The van der Waals surface area contributed by atoms with Crippen molar-refractivity contribution in [2.75, 3.05) is 13.7 Å². The lowest BCUT2D eigenvalue weighted by Crippen LogP contribution is -2.19. The fraction of sp³-hybridized carbons (Fsp3) is 0.364. The second-order valence-corrected chi connectivity index (χ2v) is 3.00. The molecule has 0 fully saturated rings. The van der Waals surface area contributed by atoms with Crippen LogP contribution < -0.4 is 10.1 Å². The SMILES string of the molecule is COc1ccccc1[C@@H](C)NCC#N. The van der Waals surface area contributed by atoms with Gasteiger partial charge in [-0.2, -0.15) is 5.26 Å². The molecule has 1 aromatic rings. The van der Waals surface area contributed by atoms with E-state index < -0.39 is 0 Å². The summed E-state index contributed by atoms with van der Waals surface area (Å²) >= 11 is 0. The molecule has 1 rings (SSSR count). The van der Waals surface area contributed by atoms with Crippen LogP contribution in [-0.2, 0) is 0 Å². The predicted octanol–water partition coefficient (Wildman–Crippen LogP) is 1.87. The molecule has 0 heterocycles. The lowest BCUT2D eigenvalue weighted by atomic mass is 10.1. The summed E-state index contributed by atoms with van der Waals surface area (Å²) in [5.74, 6) is 0.852. The highest BCUT2D eigenvalue weighted by atomic mass is 16.5. The number of hydrogen-bond donors (Lipinski definition) is 1. The zero-order valence-corrected chi connectivity index (χ0v) is 8.45. The number of methoxy groups -OCH3 is 1. The molecule has 0 amide bonds. The molecule has 0 aliphatic carbocycles. The molecule has 0 aliphatic rings. The highest BCUT2D eigenvalue weighted by Crippen LogP contribution is 2.23. The first-order chi connectivity index (χ1) is 6.79. The van der Waals surface area contributed by atoms with E-state index in [9.17, 15) is 0 Å². The number of ether oxygens (including phenoxy) is 1. The summed E-state index contributed by atoms with van der Waals surface area (Å²) in [5.41, 5.74) is 1.07. The van der Waals surface area contributed by atoms with E-state index in [1.165, 1.54) is 0 Å². The second kappa shape index (κ2) is 5.25. The fourth-order valence-electron chi connectivity index (χ4n) is 1.33. The molecule has 0 spiro atoms. The molecular formula is C11H14N2O. The maximum absolute atomic E-state index is 8.44. The second-order valence-electron chi connectivity index (χ2n) is 3.00. The summed E-state index contributed by atoms with van der Waals surface area (Å²) in [7, 11) is 1.65. The zero-order chi connectivity index (χ0) is 10.4. The monoisotopic (exact) mass is 190 g/mol. The van der Waals surface area contributed by atoms with Gasteiger partial charge in [0.05, 0.1) is 19.7 Å². The van der Waals surface area contributed by atoms with E-state index >= 15 is 0 Å². The smallest absolute Gasteiger partial charge is 0.123 e. The molecular weight excluding hydrogens is 176 g/mol. The van der Waals surface area contributed by atoms with Gasteiger partial charge in [-0.3, -0.25) is 5.32 Å². The summed E-state index contributed by atoms with van der Waals surface area (Å²) in [6.07, 6.45) is 0. The van der Waals surface area contributed by atoms with Gasteiger partial charge in [0.15, 0.2) is 0 Å². The minimum atomic E-state index is 0.130. The van der Waals surface area contributed by atoms with E-state index in [1.54, 1.807) is 7.11 Å². The Kier molecular flexibility index (Phi) is 3.96.